The number of halogens is 5. The number of thiophene rings is 1. The fourth-order valence-electron chi connectivity index (χ4n) is 7.23. The van der Waals surface area contributed by atoms with Gasteiger partial charge < -0.3 is 19.7 Å². The molecule has 1 N–H and O–H groups in total. The third-order valence-corrected chi connectivity index (χ3v) is 11.2. The Morgan fingerprint density at radius 3 is 2.51 bits per heavy atom. The Labute approximate surface area is 291 Å². The summed E-state index contributed by atoms with van der Waals surface area (Å²) < 4.78 is 61.5. The van der Waals surface area contributed by atoms with E-state index in [1.54, 1.807) is 10.3 Å². The maximum atomic E-state index is 15.5. The molecule has 1 aromatic heterocycles. The Kier molecular flexibility index (Phi) is 11.2. The number of anilines is 1. The van der Waals surface area contributed by atoms with Crippen molar-refractivity contribution in [3.05, 3.63) is 63.7 Å². The van der Waals surface area contributed by atoms with Crippen molar-refractivity contribution in [1.82, 2.24) is 14.7 Å². The summed E-state index contributed by atoms with van der Waals surface area (Å²) in [6, 6.07) is 9.58. The lowest BCUT2D eigenvalue weighted by molar-refractivity contribution is -0.150. The molecule has 1 aliphatic carbocycles. The zero-order chi connectivity index (χ0) is 34.7. The quantitative estimate of drug-likeness (QED) is 0.193. The second-order valence-electron chi connectivity index (χ2n) is 13.2. The zero-order valence-corrected chi connectivity index (χ0v) is 28.5. The molecule has 2 saturated heterocycles. The molecule has 2 aromatic carbocycles. The number of amides is 2. The van der Waals surface area contributed by atoms with Crippen LogP contribution in [-0.2, 0) is 20.7 Å². The minimum absolute atomic E-state index is 0.0239. The summed E-state index contributed by atoms with van der Waals surface area (Å²) in [6.07, 6.45) is 0.0516. The molecule has 1 saturated carbocycles. The van der Waals surface area contributed by atoms with Crippen LogP contribution in [0.3, 0.4) is 0 Å². The molecule has 49 heavy (non-hydrogen) atoms. The second kappa shape index (κ2) is 15.4. The van der Waals surface area contributed by atoms with E-state index in [1.165, 1.54) is 22.3 Å². The first-order valence-electron chi connectivity index (χ1n) is 16.6. The van der Waals surface area contributed by atoms with Gasteiger partial charge in [-0.15, -0.1) is 11.3 Å². The van der Waals surface area contributed by atoms with E-state index in [0.29, 0.717) is 31.6 Å². The average molecular weight is 723 g/mol. The molecule has 3 heterocycles. The van der Waals surface area contributed by atoms with Crippen LogP contribution in [0.2, 0.25) is 5.02 Å². The van der Waals surface area contributed by atoms with E-state index in [0.717, 1.165) is 48.1 Å². The van der Waals surface area contributed by atoms with E-state index in [9.17, 15) is 27.6 Å². The monoisotopic (exact) mass is 722 g/mol. The molecule has 0 spiro atoms. The Morgan fingerprint density at radius 2 is 1.80 bits per heavy atom. The van der Waals surface area contributed by atoms with E-state index >= 15 is 4.39 Å². The van der Waals surface area contributed by atoms with Crippen LogP contribution in [0.15, 0.2) is 41.8 Å². The number of nitrogens with one attached hydrogen (secondary N) is 1. The van der Waals surface area contributed by atoms with Gasteiger partial charge >= 0.3 is 6.18 Å². The van der Waals surface area contributed by atoms with Gasteiger partial charge in [0.1, 0.15) is 12.1 Å². The normalized spacial score (nSPS) is 24.0. The van der Waals surface area contributed by atoms with Crippen molar-refractivity contribution in [3.8, 4) is 0 Å². The van der Waals surface area contributed by atoms with Gasteiger partial charge in [-0.25, -0.2) is 4.39 Å². The molecule has 2 atom stereocenters. The minimum atomic E-state index is -4.26. The van der Waals surface area contributed by atoms with Crippen molar-refractivity contribution in [2.75, 3.05) is 51.2 Å². The number of carbonyl (C=O) groups is 3. The van der Waals surface area contributed by atoms with Crippen LogP contribution in [0.25, 0.3) is 10.1 Å². The third kappa shape index (κ3) is 8.80. The number of piperazine rings is 1. The SMILES string of the molecule is O=CC1CCC(OC[C@@H]2C[C@H](N3CCN(CC(F)(F)F)CC3)CN2C(=O)Cc2cc(Cl)c(NC(=O)c3csc4ccccc34)cc2F)CC1. The maximum absolute atomic E-state index is 15.5. The van der Waals surface area contributed by atoms with Crippen LogP contribution in [0, 0.1) is 11.7 Å². The number of likely N-dealkylation sites (tertiary alicyclic amines) is 1. The van der Waals surface area contributed by atoms with Crippen LogP contribution in [0.1, 0.15) is 48.0 Å². The first-order valence-corrected chi connectivity index (χ1v) is 17.9. The minimum Gasteiger partial charge on any atom is -0.376 e. The topological polar surface area (TPSA) is 82.2 Å². The van der Waals surface area contributed by atoms with E-state index in [-0.39, 0.29) is 72.4 Å². The molecule has 14 heteroatoms. The number of rotatable bonds is 10. The van der Waals surface area contributed by atoms with Crippen molar-refractivity contribution >= 4 is 56.8 Å². The number of hydrogen-bond donors (Lipinski definition) is 1. The summed E-state index contributed by atoms with van der Waals surface area (Å²) in [4.78, 5) is 43.3. The third-order valence-electron chi connectivity index (χ3n) is 9.93. The number of benzene rings is 2. The van der Waals surface area contributed by atoms with Gasteiger partial charge in [0, 0.05) is 60.1 Å². The molecular formula is C35H39ClF4N4O4S. The number of ether oxygens (including phenoxy) is 1. The summed E-state index contributed by atoms with van der Waals surface area (Å²) in [5.41, 5.74) is 0.633. The fraction of sp³-hybridized carbons (Fsp3) is 0.514. The zero-order valence-electron chi connectivity index (χ0n) is 26.9. The molecule has 3 fully saturated rings. The molecular weight excluding hydrogens is 684 g/mol. The largest absolute Gasteiger partial charge is 0.401 e. The van der Waals surface area contributed by atoms with Crippen LogP contribution in [0.5, 0.6) is 0 Å². The Bertz CT molecular complexity index is 1660. The van der Waals surface area contributed by atoms with Crippen LogP contribution >= 0.6 is 22.9 Å². The van der Waals surface area contributed by atoms with Crippen molar-refractivity contribution < 1.29 is 36.7 Å². The van der Waals surface area contributed by atoms with E-state index in [1.807, 2.05) is 24.3 Å². The molecule has 2 amide bonds. The van der Waals surface area contributed by atoms with Crippen LogP contribution in [-0.4, -0.2) is 103 Å². The first kappa shape index (κ1) is 35.7. The number of alkyl halides is 3. The van der Waals surface area contributed by atoms with Crippen molar-refractivity contribution in [1.29, 1.82) is 0 Å². The van der Waals surface area contributed by atoms with Crippen molar-refractivity contribution in [2.45, 2.75) is 62.9 Å². The molecule has 0 bridgehead atoms. The van der Waals surface area contributed by atoms with Crippen molar-refractivity contribution in [2.24, 2.45) is 5.92 Å². The van der Waals surface area contributed by atoms with E-state index in [2.05, 4.69) is 10.2 Å². The van der Waals surface area contributed by atoms with Gasteiger partial charge in [0.15, 0.2) is 0 Å². The highest BCUT2D eigenvalue weighted by Crippen LogP contribution is 2.32. The Hall–Kier alpha value is -3.10. The number of hydrogen-bond acceptors (Lipinski definition) is 7. The predicted molar refractivity (Wildman–Crippen MR) is 181 cm³/mol. The lowest BCUT2D eigenvalue weighted by atomic mass is 9.88. The molecule has 8 nitrogen and oxygen atoms in total. The number of aldehydes is 1. The van der Waals surface area contributed by atoms with Gasteiger partial charge in [-0.3, -0.25) is 19.4 Å². The molecule has 3 aliphatic rings. The summed E-state index contributed by atoms with van der Waals surface area (Å²) in [6.45, 7) is 1.14. The molecule has 3 aromatic rings. The van der Waals surface area contributed by atoms with E-state index < -0.39 is 24.4 Å². The Morgan fingerprint density at radius 1 is 1.06 bits per heavy atom. The number of carbonyl (C=O) groups excluding carboxylic acids is 3. The standard InChI is InChI=1S/C35H39ClF4N4O4S/c36-29-13-23(30(37)16-31(29)41-34(47)28-20-49-32-4-2-1-3-27(28)32)14-33(46)44-17-24(43-11-9-42(10-12-43)21-35(38,39)40)15-25(44)19-48-26-7-5-22(18-45)6-8-26/h1-4,13,16,18,20,22,24-26H,5-12,14-15,17,19,21H2,(H,41,47)/t22?,24-,25-,26?/m0/s1. The second-order valence-corrected chi connectivity index (χ2v) is 14.5. The summed E-state index contributed by atoms with van der Waals surface area (Å²) in [5, 5.41) is 5.31. The average Bonchev–Trinajstić information content (AvgIpc) is 3.71. The highest BCUT2D eigenvalue weighted by Gasteiger charge is 2.40. The molecule has 2 aliphatic heterocycles. The summed E-state index contributed by atoms with van der Waals surface area (Å²) >= 11 is 7.93. The van der Waals surface area contributed by atoms with Crippen LogP contribution < -0.4 is 5.32 Å². The van der Waals surface area contributed by atoms with Gasteiger partial charge in [0.05, 0.1) is 48.0 Å². The van der Waals surface area contributed by atoms with Gasteiger partial charge in [-0.05, 0) is 55.9 Å². The fourth-order valence-corrected chi connectivity index (χ4v) is 8.40. The highest BCUT2D eigenvalue weighted by molar-refractivity contribution is 7.17. The molecule has 6 rings (SSSR count). The number of nitrogens with zero attached hydrogens (tertiary/aromatic N) is 3. The van der Waals surface area contributed by atoms with Gasteiger partial charge in [-0.2, -0.15) is 13.2 Å². The molecule has 0 radical (unpaired) electrons. The number of fused-ring (bicyclic) bond motifs is 1. The Balaban J connectivity index is 1.12. The van der Waals surface area contributed by atoms with Gasteiger partial charge in [-0.1, -0.05) is 29.8 Å². The first-order chi connectivity index (χ1) is 23.5. The smallest absolute Gasteiger partial charge is 0.376 e. The van der Waals surface area contributed by atoms with Gasteiger partial charge in [0.25, 0.3) is 5.91 Å². The summed E-state index contributed by atoms with van der Waals surface area (Å²) in [5.74, 6) is -1.37. The molecule has 0 unspecified atom stereocenters. The molecule has 264 valence electrons. The highest BCUT2D eigenvalue weighted by atomic mass is 35.5. The van der Waals surface area contributed by atoms with E-state index in [4.69, 9.17) is 16.3 Å². The van der Waals surface area contributed by atoms with Crippen LogP contribution in [0.4, 0.5) is 23.2 Å². The van der Waals surface area contributed by atoms with Crippen molar-refractivity contribution in [3.63, 3.8) is 0 Å². The lowest BCUT2D eigenvalue weighted by Crippen LogP contribution is -2.52. The lowest BCUT2D eigenvalue weighted by Gasteiger charge is -2.38. The predicted octanol–water partition coefficient (Wildman–Crippen LogP) is 6.41. The maximum Gasteiger partial charge on any atom is 0.401 e. The van der Waals surface area contributed by atoms with Gasteiger partial charge in [0.2, 0.25) is 5.91 Å². The summed E-state index contributed by atoms with van der Waals surface area (Å²) in [7, 11) is 0.